The molecule has 0 radical (unpaired) electrons. The van der Waals surface area contributed by atoms with Crippen LogP contribution >= 0.6 is 0 Å². The van der Waals surface area contributed by atoms with E-state index in [0.717, 1.165) is 39.0 Å². The van der Waals surface area contributed by atoms with E-state index in [0.29, 0.717) is 25.1 Å². The zero-order valence-corrected chi connectivity index (χ0v) is 20.9. The molecular weight excluding hydrogens is 466 g/mol. The van der Waals surface area contributed by atoms with Crippen molar-refractivity contribution in [3.63, 3.8) is 0 Å². The number of aromatic amines is 1. The van der Waals surface area contributed by atoms with E-state index in [1.54, 1.807) is 24.0 Å². The summed E-state index contributed by atoms with van der Waals surface area (Å²) in [6.45, 7) is 0.563. The zero-order valence-electron chi connectivity index (χ0n) is 20.9. The van der Waals surface area contributed by atoms with E-state index in [2.05, 4.69) is 11.1 Å². The molecule has 37 heavy (non-hydrogen) atoms. The van der Waals surface area contributed by atoms with Gasteiger partial charge in [-0.1, -0.05) is 42.5 Å². The molecule has 0 saturated carbocycles. The molecule has 7 nitrogen and oxygen atoms in total. The highest BCUT2D eigenvalue weighted by molar-refractivity contribution is 5.97. The molecular formula is C30H29N3O4. The normalized spacial score (nSPS) is 19.1. The number of amides is 2. The SMILES string of the molecule is COc1ccc(CCN2CC(=O)N3[C@@H](c4cccc(OC)c4)c4[nH]c5ccccc5c4C[C@H]3C2=O)cc1. The Balaban J connectivity index is 1.36. The summed E-state index contributed by atoms with van der Waals surface area (Å²) in [6.07, 6.45) is 1.16. The number of rotatable bonds is 6. The summed E-state index contributed by atoms with van der Waals surface area (Å²) in [4.78, 5) is 34.7. The van der Waals surface area contributed by atoms with Gasteiger partial charge < -0.3 is 24.3 Å². The number of benzene rings is 3. The lowest BCUT2D eigenvalue weighted by Crippen LogP contribution is -2.63. The molecule has 0 unspecified atom stereocenters. The van der Waals surface area contributed by atoms with Gasteiger partial charge in [-0.05, 0) is 53.4 Å². The van der Waals surface area contributed by atoms with Crippen LogP contribution in [-0.2, 0) is 22.4 Å². The Morgan fingerprint density at radius 1 is 0.919 bits per heavy atom. The Morgan fingerprint density at radius 2 is 1.70 bits per heavy atom. The van der Waals surface area contributed by atoms with Crippen molar-refractivity contribution in [1.29, 1.82) is 0 Å². The van der Waals surface area contributed by atoms with Crippen LogP contribution in [0, 0.1) is 0 Å². The first-order chi connectivity index (χ1) is 18.1. The van der Waals surface area contributed by atoms with Gasteiger partial charge in [0.1, 0.15) is 17.5 Å². The number of hydrogen-bond donors (Lipinski definition) is 1. The van der Waals surface area contributed by atoms with E-state index in [1.165, 1.54) is 0 Å². The van der Waals surface area contributed by atoms with Crippen molar-refractivity contribution in [3.8, 4) is 11.5 Å². The summed E-state index contributed by atoms with van der Waals surface area (Å²) in [7, 11) is 3.27. The molecule has 2 aliphatic heterocycles. The molecule has 1 aromatic heterocycles. The highest BCUT2D eigenvalue weighted by Gasteiger charge is 2.48. The van der Waals surface area contributed by atoms with E-state index >= 15 is 0 Å². The van der Waals surface area contributed by atoms with Crippen molar-refractivity contribution in [2.24, 2.45) is 0 Å². The van der Waals surface area contributed by atoms with Crippen LogP contribution in [0.4, 0.5) is 0 Å². The number of carbonyl (C=O) groups is 2. The number of H-pyrrole nitrogens is 1. The molecule has 188 valence electrons. The fourth-order valence-corrected chi connectivity index (χ4v) is 5.73. The number of nitrogens with zero attached hydrogens (tertiary/aromatic N) is 2. The predicted molar refractivity (Wildman–Crippen MR) is 141 cm³/mol. The summed E-state index contributed by atoms with van der Waals surface area (Å²) >= 11 is 0. The third-order valence-electron chi connectivity index (χ3n) is 7.58. The first kappa shape index (κ1) is 23.2. The topological polar surface area (TPSA) is 74.9 Å². The van der Waals surface area contributed by atoms with Gasteiger partial charge in [-0.3, -0.25) is 9.59 Å². The van der Waals surface area contributed by atoms with Gasteiger partial charge in [0.25, 0.3) is 0 Å². The second-order valence-electron chi connectivity index (χ2n) is 9.62. The van der Waals surface area contributed by atoms with Gasteiger partial charge in [0, 0.05) is 29.6 Å². The summed E-state index contributed by atoms with van der Waals surface area (Å²) in [5, 5.41) is 1.10. The first-order valence-electron chi connectivity index (χ1n) is 12.5. The number of ether oxygens (including phenoxy) is 2. The van der Waals surface area contributed by atoms with Crippen LogP contribution in [0.15, 0.2) is 72.8 Å². The van der Waals surface area contributed by atoms with Gasteiger partial charge in [-0.25, -0.2) is 0 Å². The number of para-hydroxylation sites is 1. The van der Waals surface area contributed by atoms with Gasteiger partial charge >= 0.3 is 0 Å². The third kappa shape index (κ3) is 4.00. The molecule has 1 fully saturated rings. The van der Waals surface area contributed by atoms with Crippen molar-refractivity contribution in [1.82, 2.24) is 14.8 Å². The second-order valence-corrected chi connectivity index (χ2v) is 9.62. The van der Waals surface area contributed by atoms with Gasteiger partial charge in [0.2, 0.25) is 11.8 Å². The molecule has 2 atom stereocenters. The number of methoxy groups -OCH3 is 2. The molecule has 0 aliphatic carbocycles. The number of aromatic nitrogens is 1. The van der Waals surface area contributed by atoms with E-state index in [4.69, 9.17) is 9.47 Å². The molecule has 7 heteroatoms. The largest absolute Gasteiger partial charge is 0.497 e. The minimum Gasteiger partial charge on any atom is -0.497 e. The van der Waals surface area contributed by atoms with Gasteiger partial charge in [-0.2, -0.15) is 0 Å². The predicted octanol–water partition coefficient (Wildman–Crippen LogP) is 4.11. The second kappa shape index (κ2) is 9.32. The Kier molecular flexibility index (Phi) is 5.83. The van der Waals surface area contributed by atoms with Crippen molar-refractivity contribution in [2.75, 3.05) is 27.3 Å². The molecule has 2 aliphatic rings. The molecule has 3 heterocycles. The zero-order chi connectivity index (χ0) is 25.5. The number of piperazine rings is 1. The quantitative estimate of drug-likeness (QED) is 0.437. The molecule has 1 N–H and O–H groups in total. The van der Waals surface area contributed by atoms with E-state index in [9.17, 15) is 9.59 Å². The molecule has 4 aromatic rings. The first-order valence-corrected chi connectivity index (χ1v) is 12.5. The summed E-state index contributed by atoms with van der Waals surface area (Å²) in [6, 6.07) is 22.8. The summed E-state index contributed by atoms with van der Waals surface area (Å²) in [5.74, 6) is 1.46. The standard InChI is InChI=1S/C30H29N3O4/c1-36-21-12-10-19(11-13-21)14-15-32-18-27(34)33-26(30(32)35)17-24-23-8-3-4-9-25(23)31-28(24)29(33)20-6-5-7-22(16-20)37-2/h3-13,16,26,29,31H,14-15,17-18H2,1-2H3/t26-,29-/m0/s1. The summed E-state index contributed by atoms with van der Waals surface area (Å²) < 4.78 is 10.7. The summed E-state index contributed by atoms with van der Waals surface area (Å²) in [5.41, 5.74) is 5.10. The Labute approximate surface area is 215 Å². The lowest BCUT2D eigenvalue weighted by Gasteiger charge is -2.47. The maximum absolute atomic E-state index is 13.9. The fraction of sp³-hybridized carbons (Fsp3) is 0.267. The van der Waals surface area contributed by atoms with Crippen LogP contribution in [0.5, 0.6) is 11.5 Å². The third-order valence-corrected chi connectivity index (χ3v) is 7.58. The lowest BCUT2D eigenvalue weighted by molar-refractivity contribution is -0.158. The average Bonchev–Trinajstić information content (AvgIpc) is 3.31. The molecule has 0 spiro atoms. The van der Waals surface area contributed by atoms with Crippen molar-refractivity contribution in [2.45, 2.75) is 24.9 Å². The maximum Gasteiger partial charge on any atom is 0.246 e. The molecule has 0 bridgehead atoms. The van der Waals surface area contributed by atoms with Crippen LogP contribution < -0.4 is 9.47 Å². The maximum atomic E-state index is 13.9. The smallest absolute Gasteiger partial charge is 0.246 e. The molecule has 3 aromatic carbocycles. The van der Waals surface area contributed by atoms with Crippen LogP contribution in [-0.4, -0.2) is 59.9 Å². The highest BCUT2D eigenvalue weighted by atomic mass is 16.5. The number of nitrogens with one attached hydrogen (secondary N) is 1. The van der Waals surface area contributed by atoms with Crippen LogP contribution in [0.25, 0.3) is 10.9 Å². The fourth-order valence-electron chi connectivity index (χ4n) is 5.73. The Morgan fingerprint density at radius 3 is 2.49 bits per heavy atom. The molecule has 1 saturated heterocycles. The number of carbonyl (C=O) groups excluding carboxylic acids is 2. The van der Waals surface area contributed by atoms with Crippen molar-refractivity contribution >= 4 is 22.7 Å². The minimum absolute atomic E-state index is 0.00283. The molecule has 2 amide bonds. The Bertz CT molecular complexity index is 1480. The van der Waals surface area contributed by atoms with Crippen molar-refractivity contribution < 1.29 is 19.1 Å². The van der Waals surface area contributed by atoms with Gasteiger partial charge in [0.15, 0.2) is 0 Å². The molecule has 6 rings (SSSR count). The van der Waals surface area contributed by atoms with E-state index in [1.807, 2.05) is 66.7 Å². The minimum atomic E-state index is -0.556. The van der Waals surface area contributed by atoms with Crippen molar-refractivity contribution in [3.05, 3.63) is 95.2 Å². The van der Waals surface area contributed by atoms with Gasteiger partial charge in [0.05, 0.1) is 26.8 Å². The number of hydrogen-bond acceptors (Lipinski definition) is 4. The van der Waals surface area contributed by atoms with Gasteiger partial charge in [-0.15, -0.1) is 0 Å². The highest BCUT2D eigenvalue weighted by Crippen LogP contribution is 2.43. The lowest BCUT2D eigenvalue weighted by atomic mass is 9.86. The monoisotopic (exact) mass is 495 g/mol. The number of fused-ring (bicyclic) bond motifs is 4. The van der Waals surface area contributed by atoms with E-state index < -0.39 is 12.1 Å². The van der Waals surface area contributed by atoms with Crippen LogP contribution in [0.2, 0.25) is 0 Å². The average molecular weight is 496 g/mol. The Hall–Kier alpha value is -4.26. The van der Waals surface area contributed by atoms with Crippen LogP contribution in [0.1, 0.15) is 28.4 Å². The van der Waals surface area contributed by atoms with Crippen LogP contribution in [0.3, 0.4) is 0 Å². The van der Waals surface area contributed by atoms with E-state index in [-0.39, 0.29) is 18.4 Å².